The van der Waals surface area contributed by atoms with Crippen LogP contribution in [0.5, 0.6) is 5.75 Å². The van der Waals surface area contributed by atoms with Crippen molar-refractivity contribution in [3.05, 3.63) is 29.8 Å². The zero-order valence-electron chi connectivity index (χ0n) is 11.0. The fraction of sp³-hybridized carbons (Fsp3) is 0.600. The van der Waals surface area contributed by atoms with Crippen LogP contribution in [0, 0.1) is 0 Å². The number of para-hydroxylation sites is 1. The van der Waals surface area contributed by atoms with Crippen LogP contribution >= 0.6 is 0 Å². The van der Waals surface area contributed by atoms with Gasteiger partial charge < -0.3 is 19.5 Å². The minimum atomic E-state index is -0.374. The van der Waals surface area contributed by atoms with E-state index in [0.29, 0.717) is 19.8 Å². The van der Waals surface area contributed by atoms with E-state index in [1.807, 2.05) is 12.1 Å². The Labute approximate surface area is 113 Å². The molecule has 0 bridgehead atoms. The van der Waals surface area contributed by atoms with Crippen molar-refractivity contribution < 1.29 is 14.2 Å². The summed E-state index contributed by atoms with van der Waals surface area (Å²) in [7, 11) is 0. The molecule has 3 aliphatic heterocycles. The lowest BCUT2D eigenvalue weighted by Crippen LogP contribution is -2.62. The summed E-state index contributed by atoms with van der Waals surface area (Å²) in [6, 6.07) is 8.29. The Hall–Kier alpha value is -1.10. The molecule has 3 heterocycles. The highest BCUT2D eigenvalue weighted by Gasteiger charge is 2.50. The number of piperidine rings is 1. The molecule has 2 fully saturated rings. The van der Waals surface area contributed by atoms with Crippen LogP contribution in [0.25, 0.3) is 0 Å². The van der Waals surface area contributed by atoms with Crippen molar-refractivity contribution in [3.63, 3.8) is 0 Å². The largest absolute Gasteiger partial charge is 0.491 e. The molecular weight excluding hydrogens is 242 g/mol. The van der Waals surface area contributed by atoms with E-state index in [0.717, 1.165) is 31.6 Å². The van der Waals surface area contributed by atoms with Gasteiger partial charge in [-0.3, -0.25) is 0 Å². The topological polar surface area (TPSA) is 39.7 Å². The summed E-state index contributed by atoms with van der Waals surface area (Å²) in [5.74, 6) is 0.642. The van der Waals surface area contributed by atoms with Crippen molar-refractivity contribution in [1.82, 2.24) is 5.32 Å². The lowest BCUT2D eigenvalue weighted by Gasteiger charge is -2.47. The van der Waals surface area contributed by atoms with E-state index in [-0.39, 0.29) is 11.3 Å². The quantitative estimate of drug-likeness (QED) is 0.768. The van der Waals surface area contributed by atoms with Gasteiger partial charge in [-0.05, 0) is 18.1 Å². The molecule has 2 spiro atoms. The van der Waals surface area contributed by atoms with Crippen molar-refractivity contribution in [2.45, 2.75) is 30.6 Å². The third-order valence-electron chi connectivity index (χ3n) is 4.43. The lowest BCUT2D eigenvalue weighted by atomic mass is 9.79. The second-order valence-electron chi connectivity index (χ2n) is 5.81. The van der Waals surface area contributed by atoms with E-state index in [4.69, 9.17) is 14.2 Å². The first-order chi connectivity index (χ1) is 9.29. The zero-order chi connectivity index (χ0) is 12.8. The lowest BCUT2D eigenvalue weighted by molar-refractivity contribution is -0.194. The maximum Gasteiger partial charge on any atom is 0.171 e. The summed E-state index contributed by atoms with van der Waals surface area (Å²) in [5.41, 5.74) is 1.23. The molecule has 1 unspecified atom stereocenters. The SMILES string of the molecule is c1ccc2c(c1)CC1(CO2)CC2(CCN1)OCCO2. The normalized spacial score (nSPS) is 32.2. The average Bonchev–Trinajstić information content (AvgIpc) is 2.86. The van der Waals surface area contributed by atoms with Gasteiger partial charge in [0.2, 0.25) is 0 Å². The van der Waals surface area contributed by atoms with Gasteiger partial charge >= 0.3 is 0 Å². The fourth-order valence-electron chi connectivity index (χ4n) is 3.58. The minimum Gasteiger partial charge on any atom is -0.491 e. The Morgan fingerprint density at radius 3 is 2.84 bits per heavy atom. The zero-order valence-corrected chi connectivity index (χ0v) is 11.0. The Morgan fingerprint density at radius 1 is 1.11 bits per heavy atom. The number of hydrogen-bond acceptors (Lipinski definition) is 4. The molecule has 4 nitrogen and oxygen atoms in total. The van der Waals surface area contributed by atoms with Crippen LogP contribution in [0.15, 0.2) is 24.3 Å². The van der Waals surface area contributed by atoms with Gasteiger partial charge in [0.15, 0.2) is 5.79 Å². The summed E-state index contributed by atoms with van der Waals surface area (Å²) in [4.78, 5) is 0. The number of fused-ring (bicyclic) bond motifs is 1. The van der Waals surface area contributed by atoms with Gasteiger partial charge in [0.25, 0.3) is 0 Å². The third kappa shape index (κ3) is 1.95. The number of ether oxygens (including phenoxy) is 3. The van der Waals surface area contributed by atoms with Crippen molar-refractivity contribution in [1.29, 1.82) is 0 Å². The summed E-state index contributed by atoms with van der Waals surface area (Å²) in [6.45, 7) is 3.05. The molecule has 19 heavy (non-hydrogen) atoms. The first-order valence-electron chi connectivity index (χ1n) is 7.03. The Kier molecular flexibility index (Phi) is 2.59. The number of benzene rings is 1. The maximum absolute atomic E-state index is 5.95. The number of rotatable bonds is 0. The number of hydrogen-bond donors (Lipinski definition) is 1. The molecule has 1 aromatic carbocycles. The Balaban J connectivity index is 1.61. The average molecular weight is 261 g/mol. The predicted octanol–water partition coefficient (Wildman–Crippen LogP) is 1.49. The molecule has 1 N–H and O–H groups in total. The molecule has 1 atom stereocenters. The van der Waals surface area contributed by atoms with Crippen molar-refractivity contribution in [2.75, 3.05) is 26.4 Å². The molecule has 1 aromatic rings. The highest BCUT2D eigenvalue weighted by molar-refractivity contribution is 5.37. The summed E-state index contributed by atoms with van der Waals surface area (Å²) < 4.78 is 17.7. The van der Waals surface area contributed by atoms with Crippen LogP contribution < -0.4 is 10.1 Å². The molecule has 0 aromatic heterocycles. The molecule has 0 saturated carbocycles. The molecule has 0 amide bonds. The second kappa shape index (κ2) is 4.20. The highest BCUT2D eigenvalue weighted by Crippen LogP contribution is 2.40. The van der Waals surface area contributed by atoms with Gasteiger partial charge in [0, 0.05) is 19.4 Å². The fourth-order valence-corrected chi connectivity index (χ4v) is 3.58. The van der Waals surface area contributed by atoms with Crippen LogP contribution in [0.4, 0.5) is 0 Å². The van der Waals surface area contributed by atoms with Gasteiger partial charge in [0.05, 0.1) is 18.8 Å². The van der Waals surface area contributed by atoms with Crippen molar-refractivity contribution in [3.8, 4) is 5.75 Å². The molecule has 4 rings (SSSR count). The van der Waals surface area contributed by atoms with Crippen LogP contribution in [0.2, 0.25) is 0 Å². The van der Waals surface area contributed by atoms with E-state index in [9.17, 15) is 0 Å². The smallest absolute Gasteiger partial charge is 0.171 e. The molecule has 4 heteroatoms. The monoisotopic (exact) mass is 261 g/mol. The molecule has 102 valence electrons. The van der Waals surface area contributed by atoms with Gasteiger partial charge in [-0.15, -0.1) is 0 Å². The van der Waals surface area contributed by atoms with Crippen LogP contribution in [0.3, 0.4) is 0 Å². The molecular formula is C15H19NO3. The van der Waals surface area contributed by atoms with Gasteiger partial charge in [0.1, 0.15) is 12.4 Å². The summed E-state index contributed by atoms with van der Waals surface area (Å²) in [5, 5.41) is 3.64. The minimum absolute atomic E-state index is 0.0447. The Morgan fingerprint density at radius 2 is 1.95 bits per heavy atom. The summed E-state index contributed by atoms with van der Waals surface area (Å²) >= 11 is 0. The van der Waals surface area contributed by atoms with Crippen molar-refractivity contribution in [2.24, 2.45) is 0 Å². The van der Waals surface area contributed by atoms with Crippen LogP contribution in [0.1, 0.15) is 18.4 Å². The van der Waals surface area contributed by atoms with E-state index >= 15 is 0 Å². The summed E-state index contributed by atoms with van der Waals surface area (Å²) in [6.07, 6.45) is 2.78. The van der Waals surface area contributed by atoms with Crippen LogP contribution in [-0.2, 0) is 15.9 Å². The first kappa shape index (κ1) is 11.7. The molecule has 0 radical (unpaired) electrons. The molecule has 3 aliphatic rings. The maximum atomic E-state index is 5.95. The molecule has 0 aliphatic carbocycles. The van der Waals surface area contributed by atoms with E-state index < -0.39 is 0 Å². The molecule has 2 saturated heterocycles. The standard InChI is InChI=1S/C15H19NO3/c1-2-4-13-12(3-1)9-14(11-17-13)10-15(5-6-16-14)18-7-8-19-15/h1-4,16H,5-11H2. The van der Waals surface area contributed by atoms with E-state index in [1.165, 1.54) is 5.56 Å². The second-order valence-corrected chi connectivity index (χ2v) is 5.81. The first-order valence-corrected chi connectivity index (χ1v) is 7.03. The highest BCUT2D eigenvalue weighted by atomic mass is 16.7. The number of nitrogens with one attached hydrogen (secondary N) is 1. The van der Waals surface area contributed by atoms with Crippen molar-refractivity contribution >= 4 is 0 Å². The van der Waals surface area contributed by atoms with Gasteiger partial charge in [-0.2, -0.15) is 0 Å². The van der Waals surface area contributed by atoms with E-state index in [2.05, 4.69) is 17.4 Å². The van der Waals surface area contributed by atoms with Gasteiger partial charge in [-0.1, -0.05) is 18.2 Å². The third-order valence-corrected chi connectivity index (χ3v) is 4.43. The predicted molar refractivity (Wildman–Crippen MR) is 70.2 cm³/mol. The van der Waals surface area contributed by atoms with Gasteiger partial charge in [-0.25, -0.2) is 0 Å². The van der Waals surface area contributed by atoms with Crippen LogP contribution in [-0.4, -0.2) is 37.7 Å². The Bertz CT molecular complexity index is 484. The van der Waals surface area contributed by atoms with E-state index in [1.54, 1.807) is 0 Å².